The van der Waals surface area contributed by atoms with Crippen molar-refractivity contribution in [3.8, 4) is 5.75 Å². The molecule has 1 rings (SSSR count). The van der Waals surface area contributed by atoms with Gasteiger partial charge in [0.1, 0.15) is 17.1 Å². The molecule has 0 bridgehead atoms. The number of benzene rings is 1. The van der Waals surface area contributed by atoms with Gasteiger partial charge in [-0.25, -0.2) is 9.18 Å². The number of halogens is 1. The summed E-state index contributed by atoms with van der Waals surface area (Å²) in [6, 6.07) is 2.78. The summed E-state index contributed by atoms with van der Waals surface area (Å²) in [6.07, 6.45) is 0. The first-order valence-corrected chi connectivity index (χ1v) is 3.72. The second kappa shape index (κ2) is 3.87. The molecule has 0 aromatic heterocycles. The van der Waals surface area contributed by atoms with Gasteiger partial charge in [-0.1, -0.05) is 0 Å². The van der Waals surface area contributed by atoms with Gasteiger partial charge in [0.05, 0.1) is 0 Å². The first-order chi connectivity index (χ1) is 6.50. The molecule has 4 nitrogen and oxygen atoms in total. The lowest BCUT2D eigenvalue weighted by Crippen LogP contribution is -2.09. The van der Waals surface area contributed by atoms with Gasteiger partial charge < -0.3 is 9.84 Å². The van der Waals surface area contributed by atoms with Crippen molar-refractivity contribution in [2.24, 2.45) is 0 Å². The quantitative estimate of drug-likeness (QED) is 0.544. The molecular weight excluding hydrogens is 191 g/mol. The minimum Gasteiger partial charge on any atom is -0.507 e. The van der Waals surface area contributed by atoms with Gasteiger partial charge in [0.2, 0.25) is 0 Å². The van der Waals surface area contributed by atoms with E-state index in [9.17, 15) is 14.0 Å². The lowest BCUT2D eigenvalue weighted by Gasteiger charge is -2.02. The average molecular weight is 198 g/mol. The molecule has 1 aromatic carbocycles. The van der Waals surface area contributed by atoms with E-state index in [2.05, 4.69) is 4.74 Å². The van der Waals surface area contributed by atoms with Gasteiger partial charge in [-0.3, -0.25) is 4.79 Å². The highest BCUT2D eigenvalue weighted by atomic mass is 19.1. The predicted molar refractivity (Wildman–Crippen MR) is 44.2 cm³/mol. The van der Waals surface area contributed by atoms with Gasteiger partial charge in [0.25, 0.3) is 0 Å². The largest absolute Gasteiger partial charge is 0.507 e. The number of phenolic OH excluding ortho intramolecular Hbond substituents is 1. The SMILES string of the molecule is CC(=O)OC(=O)c1cc(F)ccc1O. The van der Waals surface area contributed by atoms with E-state index in [1.54, 1.807) is 0 Å². The van der Waals surface area contributed by atoms with Gasteiger partial charge in [0.15, 0.2) is 0 Å². The van der Waals surface area contributed by atoms with Crippen LogP contribution in [0.3, 0.4) is 0 Å². The number of hydrogen-bond acceptors (Lipinski definition) is 4. The predicted octanol–water partition coefficient (Wildman–Crippen LogP) is 1.23. The van der Waals surface area contributed by atoms with Crippen molar-refractivity contribution < 1.29 is 23.8 Å². The number of phenols is 1. The normalized spacial score (nSPS) is 9.57. The molecule has 14 heavy (non-hydrogen) atoms. The van der Waals surface area contributed by atoms with E-state index in [1.807, 2.05) is 0 Å². The number of rotatable bonds is 1. The first-order valence-electron chi connectivity index (χ1n) is 3.72. The zero-order chi connectivity index (χ0) is 10.7. The molecule has 0 saturated heterocycles. The van der Waals surface area contributed by atoms with Crippen molar-refractivity contribution in [1.29, 1.82) is 0 Å². The van der Waals surface area contributed by atoms with Crippen LogP contribution < -0.4 is 0 Å². The van der Waals surface area contributed by atoms with E-state index < -0.39 is 23.5 Å². The van der Waals surface area contributed by atoms with Crippen molar-refractivity contribution in [1.82, 2.24) is 0 Å². The monoisotopic (exact) mass is 198 g/mol. The van der Waals surface area contributed by atoms with Crippen LogP contribution in [0.4, 0.5) is 4.39 Å². The summed E-state index contributed by atoms with van der Waals surface area (Å²) >= 11 is 0. The van der Waals surface area contributed by atoms with Crippen LogP contribution >= 0.6 is 0 Å². The second-order valence-corrected chi connectivity index (χ2v) is 2.54. The molecule has 0 aliphatic heterocycles. The highest BCUT2D eigenvalue weighted by Gasteiger charge is 2.15. The molecule has 74 valence electrons. The molecule has 0 unspecified atom stereocenters. The number of carbonyl (C=O) groups is 2. The minimum absolute atomic E-state index is 0.375. The maximum atomic E-state index is 12.6. The van der Waals surface area contributed by atoms with Gasteiger partial charge in [-0.2, -0.15) is 0 Å². The molecule has 0 aliphatic carbocycles. The van der Waals surface area contributed by atoms with Crippen LogP contribution in [0.5, 0.6) is 5.75 Å². The zero-order valence-corrected chi connectivity index (χ0v) is 7.28. The Kier molecular flexibility index (Phi) is 2.81. The number of hydrogen-bond donors (Lipinski definition) is 1. The Labute approximate surface area is 78.9 Å². The Bertz CT molecular complexity index is 386. The van der Waals surface area contributed by atoms with Crippen LogP contribution in [0.15, 0.2) is 18.2 Å². The molecule has 5 heteroatoms. The summed E-state index contributed by atoms with van der Waals surface area (Å²) < 4.78 is 16.8. The van der Waals surface area contributed by atoms with Crippen LogP contribution in [-0.4, -0.2) is 17.0 Å². The molecule has 1 aromatic rings. The van der Waals surface area contributed by atoms with Gasteiger partial charge >= 0.3 is 11.9 Å². The van der Waals surface area contributed by atoms with Gasteiger partial charge in [0, 0.05) is 6.92 Å². The summed E-state index contributed by atoms with van der Waals surface area (Å²) in [5.74, 6) is -3.02. The van der Waals surface area contributed by atoms with E-state index >= 15 is 0 Å². The minimum atomic E-state index is -1.07. The van der Waals surface area contributed by atoms with E-state index in [4.69, 9.17) is 5.11 Å². The fraction of sp³-hybridized carbons (Fsp3) is 0.111. The second-order valence-electron chi connectivity index (χ2n) is 2.54. The van der Waals surface area contributed by atoms with E-state index in [1.165, 1.54) is 0 Å². The third-order valence-corrected chi connectivity index (χ3v) is 1.41. The Morgan fingerprint density at radius 3 is 2.64 bits per heavy atom. The molecular formula is C9H7FO4. The Hall–Kier alpha value is -1.91. The molecule has 0 spiro atoms. The van der Waals surface area contributed by atoms with Crippen molar-refractivity contribution in [3.05, 3.63) is 29.6 Å². The number of aromatic hydroxyl groups is 1. The third kappa shape index (κ3) is 2.29. The molecule has 0 saturated carbocycles. The maximum Gasteiger partial charge on any atom is 0.349 e. The average Bonchev–Trinajstić information content (AvgIpc) is 2.08. The molecule has 0 amide bonds. The van der Waals surface area contributed by atoms with E-state index in [0.717, 1.165) is 25.1 Å². The van der Waals surface area contributed by atoms with Crippen LogP contribution in [-0.2, 0) is 9.53 Å². The first kappa shape index (κ1) is 10.2. The Morgan fingerprint density at radius 1 is 1.43 bits per heavy atom. The zero-order valence-electron chi connectivity index (χ0n) is 7.28. The van der Waals surface area contributed by atoms with Crippen LogP contribution in [0.2, 0.25) is 0 Å². The topological polar surface area (TPSA) is 63.6 Å². The molecule has 0 heterocycles. The molecule has 1 N–H and O–H groups in total. The van der Waals surface area contributed by atoms with Crippen LogP contribution in [0.25, 0.3) is 0 Å². The fourth-order valence-electron chi connectivity index (χ4n) is 0.857. The number of esters is 2. The summed E-state index contributed by atoms with van der Waals surface area (Å²) in [5.41, 5.74) is -0.375. The van der Waals surface area contributed by atoms with Crippen molar-refractivity contribution in [2.75, 3.05) is 0 Å². The highest BCUT2D eigenvalue weighted by Crippen LogP contribution is 2.18. The Morgan fingerprint density at radius 2 is 2.07 bits per heavy atom. The van der Waals surface area contributed by atoms with Crippen LogP contribution in [0, 0.1) is 5.82 Å². The van der Waals surface area contributed by atoms with E-state index in [0.29, 0.717) is 0 Å². The van der Waals surface area contributed by atoms with Gasteiger partial charge in [-0.15, -0.1) is 0 Å². The summed E-state index contributed by atoms with van der Waals surface area (Å²) in [7, 11) is 0. The fourth-order valence-corrected chi connectivity index (χ4v) is 0.857. The molecule has 0 aliphatic rings. The third-order valence-electron chi connectivity index (χ3n) is 1.41. The lowest BCUT2D eigenvalue weighted by atomic mass is 10.2. The molecule has 0 fully saturated rings. The van der Waals surface area contributed by atoms with Crippen molar-refractivity contribution >= 4 is 11.9 Å². The maximum absolute atomic E-state index is 12.6. The number of carbonyl (C=O) groups excluding carboxylic acids is 2. The summed E-state index contributed by atoms with van der Waals surface area (Å²) in [4.78, 5) is 21.5. The smallest absolute Gasteiger partial charge is 0.349 e. The van der Waals surface area contributed by atoms with E-state index in [-0.39, 0.29) is 5.56 Å². The van der Waals surface area contributed by atoms with Crippen molar-refractivity contribution in [3.63, 3.8) is 0 Å². The summed E-state index contributed by atoms with van der Waals surface area (Å²) in [5, 5.41) is 9.14. The Balaban J connectivity index is 3.00. The molecule has 0 atom stereocenters. The standard InChI is InChI=1S/C9H7FO4/c1-5(11)14-9(13)7-4-6(10)2-3-8(7)12/h2-4,12H,1H3. The lowest BCUT2D eigenvalue weighted by molar-refractivity contribution is -0.135. The van der Waals surface area contributed by atoms with Crippen LogP contribution in [0.1, 0.15) is 17.3 Å². The number of ether oxygens (including phenoxy) is 1. The summed E-state index contributed by atoms with van der Waals surface area (Å²) in [6.45, 7) is 1.04. The van der Waals surface area contributed by atoms with Crippen molar-refractivity contribution in [2.45, 2.75) is 6.92 Å². The highest BCUT2D eigenvalue weighted by molar-refractivity contribution is 5.98. The molecule has 0 radical (unpaired) electrons. The van der Waals surface area contributed by atoms with Gasteiger partial charge in [-0.05, 0) is 18.2 Å².